The molecule has 24 heavy (non-hydrogen) atoms. The van der Waals surface area contributed by atoms with E-state index in [1.54, 1.807) is 24.3 Å². The highest BCUT2D eigenvalue weighted by molar-refractivity contribution is 5.95. The predicted octanol–water partition coefficient (Wildman–Crippen LogP) is 1.92. The number of morpholine rings is 1. The average Bonchev–Trinajstić information content (AvgIpc) is 2.62. The van der Waals surface area contributed by atoms with E-state index in [1.165, 1.54) is 18.2 Å². The third kappa shape index (κ3) is 3.90. The molecular weight excluding hydrogens is 311 g/mol. The van der Waals surface area contributed by atoms with Gasteiger partial charge >= 0.3 is 0 Å². The molecule has 3 N–H and O–H groups in total. The van der Waals surface area contributed by atoms with Gasteiger partial charge < -0.3 is 20.5 Å². The van der Waals surface area contributed by atoms with Gasteiger partial charge in [0.05, 0.1) is 12.7 Å². The highest BCUT2D eigenvalue weighted by atomic mass is 19.1. The third-order valence-electron chi connectivity index (χ3n) is 3.89. The number of amides is 1. The second-order valence-electron chi connectivity index (χ2n) is 5.65. The van der Waals surface area contributed by atoms with Crippen LogP contribution in [0.1, 0.15) is 10.4 Å². The molecule has 1 heterocycles. The van der Waals surface area contributed by atoms with Crippen molar-refractivity contribution in [3.8, 4) is 16.9 Å². The van der Waals surface area contributed by atoms with E-state index in [0.717, 1.165) is 6.54 Å². The fourth-order valence-electron chi connectivity index (χ4n) is 2.63. The monoisotopic (exact) mass is 330 g/mol. The number of benzene rings is 2. The number of carbonyl (C=O) groups is 1. The Hall–Kier alpha value is -2.44. The zero-order chi connectivity index (χ0) is 16.9. The number of phenols is 1. The summed E-state index contributed by atoms with van der Waals surface area (Å²) in [6.45, 7) is 2.58. The van der Waals surface area contributed by atoms with Gasteiger partial charge in [-0.05, 0) is 35.9 Å². The largest absolute Gasteiger partial charge is 0.507 e. The summed E-state index contributed by atoms with van der Waals surface area (Å²) >= 11 is 0. The van der Waals surface area contributed by atoms with E-state index >= 15 is 0 Å². The number of hydrogen-bond donors (Lipinski definition) is 3. The van der Waals surface area contributed by atoms with E-state index in [-0.39, 0.29) is 17.8 Å². The Morgan fingerprint density at radius 2 is 2.21 bits per heavy atom. The molecule has 2 aromatic carbocycles. The lowest BCUT2D eigenvalue weighted by molar-refractivity contribution is 0.0287. The number of nitrogens with one attached hydrogen (secondary N) is 2. The Morgan fingerprint density at radius 3 is 3.00 bits per heavy atom. The van der Waals surface area contributed by atoms with E-state index in [1.807, 2.05) is 0 Å². The molecule has 5 nitrogen and oxygen atoms in total. The van der Waals surface area contributed by atoms with Gasteiger partial charge in [-0.2, -0.15) is 0 Å². The van der Waals surface area contributed by atoms with Gasteiger partial charge in [-0.25, -0.2) is 4.39 Å². The highest BCUT2D eigenvalue weighted by Gasteiger charge is 2.15. The average molecular weight is 330 g/mol. The summed E-state index contributed by atoms with van der Waals surface area (Å²) in [5, 5.41) is 15.9. The molecule has 6 heteroatoms. The zero-order valence-electron chi connectivity index (χ0n) is 13.1. The topological polar surface area (TPSA) is 70.6 Å². The molecule has 1 atom stereocenters. The van der Waals surface area contributed by atoms with Crippen molar-refractivity contribution in [3.05, 3.63) is 53.8 Å². The number of carbonyl (C=O) groups excluding carboxylic acids is 1. The molecule has 1 saturated heterocycles. The summed E-state index contributed by atoms with van der Waals surface area (Å²) in [7, 11) is 0. The molecule has 1 amide bonds. The maximum Gasteiger partial charge on any atom is 0.251 e. The number of aromatic hydroxyl groups is 1. The van der Waals surface area contributed by atoms with Crippen LogP contribution in [0.3, 0.4) is 0 Å². The number of ether oxygens (including phenoxy) is 1. The summed E-state index contributed by atoms with van der Waals surface area (Å²) in [6.07, 6.45) is -0.0434. The number of rotatable bonds is 4. The van der Waals surface area contributed by atoms with Crippen LogP contribution in [0, 0.1) is 5.82 Å². The molecule has 1 fully saturated rings. The van der Waals surface area contributed by atoms with Crippen LogP contribution in [-0.2, 0) is 4.74 Å². The summed E-state index contributed by atoms with van der Waals surface area (Å²) < 4.78 is 18.9. The summed E-state index contributed by atoms with van der Waals surface area (Å²) in [4.78, 5) is 12.3. The standard InChI is InChI=1S/C18H19FN2O3/c19-14-4-5-17(22)16(9-14)12-2-1-3-13(8-12)18(23)21-11-15-10-20-6-7-24-15/h1-5,8-9,15,20,22H,6-7,10-11H2,(H,21,23). The lowest BCUT2D eigenvalue weighted by atomic mass is 10.0. The maximum atomic E-state index is 13.4. The van der Waals surface area contributed by atoms with Crippen molar-refractivity contribution in [3.63, 3.8) is 0 Å². The van der Waals surface area contributed by atoms with Gasteiger partial charge in [0.25, 0.3) is 5.91 Å². The molecule has 0 bridgehead atoms. The Kier molecular flexibility index (Phi) is 5.08. The van der Waals surface area contributed by atoms with Crippen LogP contribution in [0.25, 0.3) is 11.1 Å². The highest BCUT2D eigenvalue weighted by Crippen LogP contribution is 2.30. The Labute approximate surface area is 139 Å². The molecular formula is C18H19FN2O3. The van der Waals surface area contributed by atoms with Crippen molar-refractivity contribution in [2.24, 2.45) is 0 Å². The molecule has 0 radical (unpaired) electrons. The number of phenolic OH excluding ortho intramolecular Hbond substituents is 1. The molecule has 0 saturated carbocycles. The van der Waals surface area contributed by atoms with Gasteiger partial charge in [0.15, 0.2) is 0 Å². The van der Waals surface area contributed by atoms with Gasteiger partial charge in [-0.3, -0.25) is 4.79 Å². The van der Waals surface area contributed by atoms with E-state index in [2.05, 4.69) is 10.6 Å². The summed E-state index contributed by atoms with van der Waals surface area (Å²) in [5.41, 5.74) is 1.37. The summed E-state index contributed by atoms with van der Waals surface area (Å²) in [5.74, 6) is -0.711. The Balaban J connectivity index is 1.72. The minimum Gasteiger partial charge on any atom is -0.507 e. The van der Waals surface area contributed by atoms with E-state index in [9.17, 15) is 14.3 Å². The first-order valence-electron chi connectivity index (χ1n) is 7.83. The van der Waals surface area contributed by atoms with Crippen LogP contribution >= 0.6 is 0 Å². The second-order valence-corrected chi connectivity index (χ2v) is 5.65. The minimum absolute atomic E-state index is 0.0318. The van der Waals surface area contributed by atoms with Crippen LogP contribution in [0.15, 0.2) is 42.5 Å². The lowest BCUT2D eigenvalue weighted by Gasteiger charge is -2.23. The van der Waals surface area contributed by atoms with Crippen molar-refractivity contribution < 1.29 is 19.0 Å². The van der Waals surface area contributed by atoms with Gasteiger partial charge in [0.1, 0.15) is 11.6 Å². The molecule has 0 aliphatic carbocycles. The maximum absolute atomic E-state index is 13.4. The zero-order valence-corrected chi connectivity index (χ0v) is 13.1. The van der Waals surface area contributed by atoms with Crippen molar-refractivity contribution >= 4 is 5.91 Å². The second kappa shape index (κ2) is 7.42. The first kappa shape index (κ1) is 16.4. The first-order valence-corrected chi connectivity index (χ1v) is 7.83. The van der Waals surface area contributed by atoms with Crippen LogP contribution < -0.4 is 10.6 Å². The minimum atomic E-state index is -0.445. The SMILES string of the molecule is O=C(NCC1CNCCO1)c1cccc(-c2cc(F)ccc2O)c1. The first-order chi connectivity index (χ1) is 11.6. The molecule has 1 aliphatic rings. The van der Waals surface area contributed by atoms with Crippen LogP contribution in [0.4, 0.5) is 4.39 Å². The van der Waals surface area contributed by atoms with E-state index in [0.29, 0.717) is 36.4 Å². The Morgan fingerprint density at radius 1 is 1.33 bits per heavy atom. The van der Waals surface area contributed by atoms with Gasteiger partial charge in [0, 0.05) is 30.8 Å². The summed E-state index contributed by atoms with van der Waals surface area (Å²) in [6, 6.07) is 10.5. The number of halogens is 1. The van der Waals surface area contributed by atoms with Crippen molar-refractivity contribution in [1.82, 2.24) is 10.6 Å². The molecule has 126 valence electrons. The van der Waals surface area contributed by atoms with Gasteiger partial charge in [-0.15, -0.1) is 0 Å². The van der Waals surface area contributed by atoms with Gasteiger partial charge in [-0.1, -0.05) is 12.1 Å². The molecule has 2 aromatic rings. The fourth-order valence-corrected chi connectivity index (χ4v) is 2.63. The number of hydrogen-bond acceptors (Lipinski definition) is 4. The quantitative estimate of drug-likeness (QED) is 0.801. The van der Waals surface area contributed by atoms with Crippen molar-refractivity contribution in [1.29, 1.82) is 0 Å². The molecule has 1 aliphatic heterocycles. The smallest absolute Gasteiger partial charge is 0.251 e. The molecule has 3 rings (SSSR count). The lowest BCUT2D eigenvalue weighted by Crippen LogP contribution is -2.45. The normalized spacial score (nSPS) is 17.5. The molecule has 1 unspecified atom stereocenters. The van der Waals surface area contributed by atoms with Crippen LogP contribution in [0.5, 0.6) is 5.75 Å². The Bertz CT molecular complexity index is 730. The molecule has 0 spiro atoms. The van der Waals surface area contributed by atoms with Crippen molar-refractivity contribution in [2.75, 3.05) is 26.2 Å². The fraction of sp³-hybridized carbons (Fsp3) is 0.278. The van der Waals surface area contributed by atoms with Crippen LogP contribution in [0.2, 0.25) is 0 Å². The van der Waals surface area contributed by atoms with Crippen LogP contribution in [-0.4, -0.2) is 43.4 Å². The molecule has 0 aromatic heterocycles. The van der Waals surface area contributed by atoms with Crippen molar-refractivity contribution in [2.45, 2.75) is 6.10 Å². The van der Waals surface area contributed by atoms with Gasteiger partial charge in [0.2, 0.25) is 0 Å². The third-order valence-corrected chi connectivity index (χ3v) is 3.89. The predicted molar refractivity (Wildman–Crippen MR) is 88.4 cm³/mol. The van der Waals surface area contributed by atoms with E-state index < -0.39 is 5.82 Å². The van der Waals surface area contributed by atoms with E-state index in [4.69, 9.17) is 4.74 Å².